The average Bonchev–Trinajstić information content (AvgIpc) is 3.27. The van der Waals surface area contributed by atoms with Crippen LogP contribution in [-0.4, -0.2) is 22.2 Å². The summed E-state index contributed by atoms with van der Waals surface area (Å²) in [6.45, 7) is 0. The van der Waals surface area contributed by atoms with Crippen molar-refractivity contribution in [3.8, 4) is 0 Å². The van der Waals surface area contributed by atoms with Crippen molar-refractivity contribution in [3.63, 3.8) is 0 Å². The summed E-state index contributed by atoms with van der Waals surface area (Å²) in [4.78, 5) is 34.6. The minimum atomic E-state index is -0.863. The van der Waals surface area contributed by atoms with E-state index in [1.807, 2.05) is 206 Å². The van der Waals surface area contributed by atoms with Crippen LogP contribution in [0.3, 0.4) is 0 Å². The molecular weight excluding hydrogens is 956 g/mol. The van der Waals surface area contributed by atoms with Crippen molar-refractivity contribution in [1.29, 1.82) is 0 Å². The minimum Gasteiger partial charge on any atom is -0.290 e. The van der Waals surface area contributed by atoms with Crippen molar-refractivity contribution in [2.45, 2.75) is 4.84 Å². The molecule has 0 aromatic heterocycles. The molecule has 0 fully saturated rings. The van der Waals surface area contributed by atoms with Crippen molar-refractivity contribution in [3.05, 3.63) is 251 Å². The van der Waals surface area contributed by atoms with Gasteiger partial charge in [-0.05, 0) is 69.8 Å². The second-order valence-electron chi connectivity index (χ2n) is 12.2. The van der Waals surface area contributed by atoms with Crippen molar-refractivity contribution in [2.75, 3.05) is 0 Å². The van der Waals surface area contributed by atoms with E-state index in [1.54, 1.807) is 36.5 Å². The monoisotopic (exact) mass is 996 g/mol. The molecule has 0 saturated heterocycles. The molecule has 0 N–H and O–H groups in total. The first kappa shape index (κ1) is 49.8. The Bertz CT molecular complexity index is 2080. The zero-order valence-corrected chi connectivity index (χ0v) is 36.5. The number of carbonyl (C=O) groups is 3. The van der Waals surface area contributed by atoms with Gasteiger partial charge in [0.05, 0.1) is 0 Å². The van der Waals surface area contributed by atoms with Crippen LogP contribution in [0.25, 0.3) is 36.5 Å². The van der Waals surface area contributed by atoms with Crippen LogP contribution in [0, 0.1) is 0 Å². The Hall–Kier alpha value is -5.33. The molecule has 0 spiro atoms. The molecule has 0 aliphatic carbocycles. The summed E-state index contributed by atoms with van der Waals surface area (Å²) in [5, 5.41) is 0. The third kappa shape index (κ3) is 21.3. The zero-order valence-electron chi connectivity index (χ0n) is 31.9. The number of alkyl halides is 2. The van der Waals surface area contributed by atoms with E-state index in [0.29, 0.717) is 5.57 Å². The molecule has 0 amide bonds. The molecule has 7 heteroatoms. The maximum atomic E-state index is 12.2. The first-order valence-electron chi connectivity index (χ1n) is 18.2. The molecule has 0 aliphatic heterocycles. The van der Waals surface area contributed by atoms with Crippen molar-refractivity contribution in [2.24, 2.45) is 0 Å². The largest absolute Gasteiger partial charge is 0.290 e. The van der Waals surface area contributed by atoms with Gasteiger partial charge in [-0.25, -0.2) is 0 Å². The van der Waals surface area contributed by atoms with Crippen LogP contribution in [0.15, 0.2) is 218 Å². The second kappa shape index (κ2) is 29.8. The van der Waals surface area contributed by atoms with Crippen LogP contribution in [0.2, 0.25) is 0 Å². The number of benzene rings is 6. The van der Waals surface area contributed by atoms with E-state index in [2.05, 4.69) is 0 Å². The topological polar surface area (TPSA) is 51.2 Å². The van der Waals surface area contributed by atoms with E-state index in [1.165, 1.54) is 6.08 Å². The number of allylic oxidation sites excluding steroid dienone is 6. The molecule has 0 unspecified atom stereocenters. The van der Waals surface area contributed by atoms with Crippen LogP contribution in [0.5, 0.6) is 0 Å². The van der Waals surface area contributed by atoms with Crippen LogP contribution >= 0.6 is 23.2 Å². The maximum Gasteiger partial charge on any atom is 0.184 e. The Balaban J connectivity index is 0.000000301. The molecule has 0 atom stereocenters. The summed E-state index contributed by atoms with van der Waals surface area (Å²) in [6, 6.07) is 58.2. The first-order chi connectivity index (χ1) is 27.9. The van der Waals surface area contributed by atoms with E-state index in [-0.39, 0.29) is 58.2 Å². The van der Waals surface area contributed by atoms with Crippen LogP contribution in [-0.2, 0) is 55.2 Å². The zero-order chi connectivity index (χ0) is 40.3. The van der Waals surface area contributed by atoms with Crippen LogP contribution in [0.4, 0.5) is 0 Å². The molecule has 302 valence electrons. The Morgan fingerprint density at radius 3 is 0.797 bits per heavy atom. The minimum absolute atomic E-state index is 0. The molecule has 3 nitrogen and oxygen atoms in total. The molecule has 6 aromatic rings. The van der Waals surface area contributed by atoms with E-state index in [9.17, 15) is 14.4 Å². The number of halogens is 2. The maximum absolute atomic E-state index is 12.2. The van der Waals surface area contributed by atoms with Crippen molar-refractivity contribution >= 4 is 77.0 Å². The van der Waals surface area contributed by atoms with Crippen molar-refractivity contribution < 1.29 is 55.2 Å². The van der Waals surface area contributed by atoms with Gasteiger partial charge in [0.25, 0.3) is 0 Å². The van der Waals surface area contributed by atoms with E-state index < -0.39 is 4.84 Å². The van der Waals surface area contributed by atoms with Gasteiger partial charge < -0.3 is 0 Å². The number of ketones is 3. The number of hydrogen-bond acceptors (Lipinski definition) is 3. The fourth-order valence-electron chi connectivity index (χ4n) is 4.88. The van der Waals surface area contributed by atoms with Crippen LogP contribution < -0.4 is 0 Å². The fourth-order valence-corrected chi connectivity index (χ4v) is 5.22. The summed E-state index contributed by atoms with van der Waals surface area (Å²) < 4.78 is 0. The Morgan fingerprint density at radius 2 is 0.559 bits per heavy atom. The smallest absolute Gasteiger partial charge is 0.184 e. The van der Waals surface area contributed by atoms with Gasteiger partial charge in [0.2, 0.25) is 0 Å². The van der Waals surface area contributed by atoms with Gasteiger partial charge in [-0.15, -0.1) is 0 Å². The van der Waals surface area contributed by atoms with Gasteiger partial charge >= 0.3 is 0 Å². The summed E-state index contributed by atoms with van der Waals surface area (Å²) in [7, 11) is 0. The summed E-state index contributed by atoms with van der Waals surface area (Å²) >= 11 is 11.8. The Morgan fingerprint density at radius 1 is 0.339 bits per heavy atom. The van der Waals surface area contributed by atoms with Gasteiger partial charge in [0.15, 0.2) is 17.3 Å². The molecule has 0 radical (unpaired) electrons. The quantitative estimate of drug-likeness (QED) is 0.0658. The SMILES string of the molecule is O=C(C=Cc1ccccc1)C(=Cc1ccccc1)C(Cl)Cl.O=C(C=Cc1ccccc1)C=Cc1ccccc1.O=C(C=Cc1ccccc1)C=Cc1ccccc1.[Pd].[Pd]. The molecule has 6 aromatic carbocycles. The third-order valence-electron chi connectivity index (χ3n) is 7.83. The summed E-state index contributed by atoms with van der Waals surface area (Å²) in [5.74, 6) is -0.219. The molecule has 0 heterocycles. The number of hydrogen-bond donors (Lipinski definition) is 0. The summed E-state index contributed by atoms with van der Waals surface area (Å²) in [6.07, 6.45) is 18.5. The normalized spacial score (nSPS) is 11.1. The molecule has 0 aliphatic rings. The average molecular weight is 999 g/mol. The molecule has 6 rings (SSSR count). The van der Waals surface area contributed by atoms with E-state index in [0.717, 1.165) is 33.4 Å². The predicted octanol–water partition coefficient (Wildman–Crippen LogP) is 13.1. The first-order valence-corrected chi connectivity index (χ1v) is 19.1. The molecule has 0 bridgehead atoms. The van der Waals surface area contributed by atoms with Gasteiger partial charge in [-0.1, -0.05) is 236 Å². The van der Waals surface area contributed by atoms with Gasteiger partial charge in [-0.2, -0.15) is 0 Å². The predicted molar refractivity (Wildman–Crippen MR) is 242 cm³/mol. The fraction of sp³-hybridized carbons (Fsp3) is 0.0192. The molecule has 59 heavy (non-hydrogen) atoms. The van der Waals surface area contributed by atoms with E-state index >= 15 is 0 Å². The number of carbonyl (C=O) groups excluding carboxylic acids is 3. The molecular formula is C52H42Cl2O3Pd2. The summed E-state index contributed by atoms with van der Waals surface area (Å²) in [5.41, 5.74) is 6.30. The van der Waals surface area contributed by atoms with Gasteiger partial charge in [-0.3, -0.25) is 14.4 Å². The molecule has 0 saturated carbocycles. The Labute approximate surface area is 385 Å². The standard InChI is InChI=1S/C18H14Cl2O.2C17H14O.2Pd/c19-18(20)16(13-15-9-5-2-6-10-15)17(21)12-11-14-7-3-1-4-8-14;2*18-17(13-11-15-7-3-1-4-8-15)14-12-16-9-5-2-6-10-16;;/h1-13,18H;2*1-14H;;. The van der Waals surface area contributed by atoms with Crippen molar-refractivity contribution in [1.82, 2.24) is 0 Å². The van der Waals surface area contributed by atoms with Crippen LogP contribution in [0.1, 0.15) is 33.4 Å². The Kier molecular flexibility index (Phi) is 25.2. The third-order valence-corrected chi connectivity index (χ3v) is 8.30. The van der Waals surface area contributed by atoms with Gasteiger partial charge in [0, 0.05) is 46.4 Å². The van der Waals surface area contributed by atoms with Gasteiger partial charge in [0.1, 0.15) is 4.84 Å². The van der Waals surface area contributed by atoms with E-state index in [4.69, 9.17) is 23.2 Å². The second-order valence-corrected chi connectivity index (χ2v) is 13.3. The number of rotatable bonds is 13.